The summed E-state index contributed by atoms with van der Waals surface area (Å²) in [4.78, 5) is 9.96. The molecule has 0 aliphatic rings. The number of aromatic carboxylic acids is 1. The molecule has 3 nitrogen and oxygen atoms in total. The fourth-order valence-corrected chi connectivity index (χ4v) is 3.36. The van der Waals surface area contributed by atoms with Crippen LogP contribution in [-0.2, 0) is 22.9 Å². The minimum atomic E-state index is -6.38. The molecule has 11 heteroatoms. The summed E-state index contributed by atoms with van der Waals surface area (Å²) in [6.07, 6.45) is -12.4. The van der Waals surface area contributed by atoms with Crippen LogP contribution in [0, 0.1) is 0 Å². The molecule has 0 aliphatic heterocycles. The van der Waals surface area contributed by atoms with E-state index < -0.39 is 56.4 Å². The van der Waals surface area contributed by atoms with Gasteiger partial charge in [0.05, 0.1) is 16.4 Å². The van der Waals surface area contributed by atoms with E-state index in [1.54, 1.807) is 0 Å². The maximum atomic E-state index is 14.3. The number of rotatable bonds is 4. The summed E-state index contributed by atoms with van der Waals surface area (Å²) in [6.45, 7) is 1.24. The van der Waals surface area contributed by atoms with Gasteiger partial charge in [-0.15, -0.1) is 0 Å². The van der Waals surface area contributed by atoms with E-state index in [0.29, 0.717) is 6.07 Å². The molecular weight excluding hydrogens is 369 g/mol. The highest BCUT2D eigenvalue weighted by atomic mass is 32.2. The van der Waals surface area contributed by atoms with Gasteiger partial charge in [-0.1, -0.05) is 13.0 Å². The largest absolute Gasteiger partial charge is 0.478 e. The summed E-state index contributed by atoms with van der Waals surface area (Å²) in [5, 5.41) is 8.98. The van der Waals surface area contributed by atoms with Crippen molar-refractivity contribution in [2.45, 2.75) is 36.3 Å². The first-order chi connectivity index (χ1) is 10.7. The molecule has 0 fully saturated rings. The zero-order chi connectivity index (χ0) is 19.1. The van der Waals surface area contributed by atoms with Gasteiger partial charge >= 0.3 is 24.0 Å². The van der Waals surface area contributed by atoms with Gasteiger partial charge in [0.25, 0.3) is 0 Å². The Kier molecular flexibility index (Phi) is 5.39. The molecule has 0 saturated carbocycles. The van der Waals surface area contributed by atoms with Crippen molar-refractivity contribution in [1.82, 2.24) is 0 Å². The van der Waals surface area contributed by atoms with E-state index in [9.17, 15) is 39.7 Å². The summed E-state index contributed by atoms with van der Waals surface area (Å²) in [5.41, 5.74) is -8.87. The van der Waals surface area contributed by atoms with Crippen LogP contribution in [0.1, 0.15) is 28.4 Å². The monoisotopic (exact) mass is 380 g/mol. The van der Waals surface area contributed by atoms with E-state index in [0.717, 1.165) is 6.26 Å². The van der Waals surface area contributed by atoms with Crippen LogP contribution in [0.25, 0.3) is 0 Å². The summed E-state index contributed by atoms with van der Waals surface area (Å²) in [5.74, 6) is -1.64. The van der Waals surface area contributed by atoms with Gasteiger partial charge in [-0.25, -0.2) is 9.18 Å². The number of hydrogen-bond acceptors (Lipinski definition) is 2. The van der Waals surface area contributed by atoms with E-state index in [-0.39, 0.29) is 12.5 Å². The zero-order valence-electron chi connectivity index (χ0n) is 12.2. The van der Waals surface area contributed by atoms with Gasteiger partial charge in [-0.3, -0.25) is 4.21 Å². The molecule has 1 aromatic carbocycles. The van der Waals surface area contributed by atoms with Crippen molar-refractivity contribution in [3.63, 3.8) is 0 Å². The molecule has 24 heavy (non-hydrogen) atoms. The highest BCUT2D eigenvalue weighted by molar-refractivity contribution is 7.84. The standard InChI is InChI=1S/C13H11F7O3S/c1-3-6-7(10(21)22)4-5-8(9(6)24(2)23)11(14,12(15,16)17)13(18,19)20/h4-5H,3H2,1-2H3,(H,21,22). The molecule has 0 heterocycles. The first-order valence-electron chi connectivity index (χ1n) is 6.25. The number of halogens is 7. The van der Waals surface area contributed by atoms with Crippen molar-refractivity contribution < 1.29 is 44.8 Å². The second-order valence-electron chi connectivity index (χ2n) is 4.74. The smallest absolute Gasteiger partial charge is 0.435 e. The minimum absolute atomic E-state index is 0.0698. The Bertz CT molecular complexity index is 665. The molecule has 0 saturated heterocycles. The average molecular weight is 380 g/mol. The molecule has 1 aromatic rings. The van der Waals surface area contributed by atoms with Crippen molar-refractivity contribution in [2.24, 2.45) is 0 Å². The molecule has 0 bridgehead atoms. The van der Waals surface area contributed by atoms with Crippen LogP contribution in [0.4, 0.5) is 30.7 Å². The molecule has 1 atom stereocenters. The van der Waals surface area contributed by atoms with Crippen LogP contribution in [0.2, 0.25) is 0 Å². The average Bonchev–Trinajstić information content (AvgIpc) is 2.41. The number of benzene rings is 1. The van der Waals surface area contributed by atoms with Crippen molar-refractivity contribution in [3.05, 3.63) is 28.8 Å². The van der Waals surface area contributed by atoms with Gasteiger partial charge in [0, 0.05) is 16.7 Å². The minimum Gasteiger partial charge on any atom is -0.478 e. The summed E-state index contributed by atoms with van der Waals surface area (Å²) in [6, 6.07) is 0.513. The van der Waals surface area contributed by atoms with Crippen LogP contribution in [-0.4, -0.2) is 33.9 Å². The van der Waals surface area contributed by atoms with Crippen molar-refractivity contribution in [2.75, 3.05) is 6.26 Å². The SMILES string of the molecule is CCc1c(C(=O)O)ccc(C(F)(C(F)(F)F)C(F)(F)F)c1S(C)=O. The predicted molar refractivity (Wildman–Crippen MR) is 70.0 cm³/mol. The predicted octanol–water partition coefficient (Wildman–Crippen LogP) is 3.97. The molecule has 1 unspecified atom stereocenters. The molecule has 0 amide bonds. The highest BCUT2D eigenvalue weighted by Gasteiger charge is 2.74. The fourth-order valence-electron chi connectivity index (χ4n) is 2.24. The van der Waals surface area contributed by atoms with E-state index >= 15 is 0 Å². The van der Waals surface area contributed by atoms with E-state index in [2.05, 4.69) is 0 Å². The Labute approximate surface area is 133 Å². The third kappa shape index (κ3) is 3.13. The number of carboxylic acids is 1. The quantitative estimate of drug-likeness (QED) is 0.805. The molecule has 136 valence electrons. The number of carboxylic acid groups (broad SMARTS) is 1. The topological polar surface area (TPSA) is 54.4 Å². The van der Waals surface area contributed by atoms with E-state index in [4.69, 9.17) is 5.11 Å². The molecule has 0 aliphatic carbocycles. The van der Waals surface area contributed by atoms with Crippen molar-refractivity contribution in [1.29, 1.82) is 0 Å². The zero-order valence-corrected chi connectivity index (χ0v) is 13.0. The Morgan fingerprint density at radius 3 is 1.83 bits per heavy atom. The lowest BCUT2D eigenvalue weighted by atomic mass is 9.90. The Morgan fingerprint density at radius 2 is 1.54 bits per heavy atom. The lowest BCUT2D eigenvalue weighted by Crippen LogP contribution is -2.51. The van der Waals surface area contributed by atoms with Gasteiger partial charge < -0.3 is 5.11 Å². The van der Waals surface area contributed by atoms with Gasteiger partial charge in [0.2, 0.25) is 0 Å². The third-order valence-electron chi connectivity index (χ3n) is 3.28. The van der Waals surface area contributed by atoms with Crippen LogP contribution in [0.5, 0.6) is 0 Å². The summed E-state index contributed by atoms with van der Waals surface area (Å²) >= 11 is 0. The van der Waals surface area contributed by atoms with Crippen LogP contribution < -0.4 is 0 Å². The number of alkyl halides is 7. The normalized spacial score (nSPS) is 14.5. The molecule has 0 aromatic heterocycles. The second kappa shape index (κ2) is 6.34. The maximum Gasteiger partial charge on any atom is 0.435 e. The Hall–Kier alpha value is -1.65. The highest BCUT2D eigenvalue weighted by Crippen LogP contribution is 2.54. The maximum absolute atomic E-state index is 14.3. The van der Waals surface area contributed by atoms with E-state index in [1.807, 2.05) is 0 Å². The fraction of sp³-hybridized carbons (Fsp3) is 0.462. The first kappa shape index (κ1) is 20.4. The molecule has 1 N–H and O–H groups in total. The van der Waals surface area contributed by atoms with Gasteiger partial charge in [-0.2, -0.15) is 26.3 Å². The Balaban J connectivity index is 4.01. The molecule has 0 spiro atoms. The van der Waals surface area contributed by atoms with Gasteiger partial charge in [0.15, 0.2) is 0 Å². The summed E-state index contributed by atoms with van der Waals surface area (Å²) in [7, 11) is -2.50. The van der Waals surface area contributed by atoms with E-state index in [1.165, 1.54) is 6.92 Å². The molecule has 1 rings (SSSR count). The summed E-state index contributed by atoms with van der Waals surface area (Å²) < 4.78 is 103. The van der Waals surface area contributed by atoms with Crippen LogP contribution in [0.3, 0.4) is 0 Å². The number of hydrogen-bond donors (Lipinski definition) is 1. The van der Waals surface area contributed by atoms with Crippen LogP contribution >= 0.6 is 0 Å². The molecular formula is C13H11F7O3S. The lowest BCUT2D eigenvalue weighted by Gasteiger charge is -2.32. The Morgan fingerprint density at radius 1 is 1.08 bits per heavy atom. The third-order valence-corrected chi connectivity index (χ3v) is 4.33. The second-order valence-corrected chi connectivity index (χ2v) is 6.05. The number of carbonyl (C=O) groups is 1. The lowest BCUT2D eigenvalue weighted by molar-refractivity contribution is -0.349. The first-order valence-corrected chi connectivity index (χ1v) is 7.81. The van der Waals surface area contributed by atoms with Gasteiger partial charge in [-0.05, 0) is 18.1 Å². The van der Waals surface area contributed by atoms with Gasteiger partial charge in [0.1, 0.15) is 0 Å². The van der Waals surface area contributed by atoms with Crippen molar-refractivity contribution >= 4 is 16.8 Å². The van der Waals surface area contributed by atoms with Crippen LogP contribution in [0.15, 0.2) is 17.0 Å². The molecule has 0 radical (unpaired) electrons. The van der Waals surface area contributed by atoms with Crippen molar-refractivity contribution in [3.8, 4) is 0 Å².